The third-order valence-electron chi connectivity index (χ3n) is 10.9. The molecule has 1 amide bonds. The zero-order valence-electron chi connectivity index (χ0n) is 33.1. The summed E-state index contributed by atoms with van der Waals surface area (Å²) in [5.41, 5.74) is 3.36. The number of carbonyl (C=O) groups is 2. The van der Waals surface area contributed by atoms with Gasteiger partial charge in [0.15, 0.2) is 29.2 Å². The first-order chi connectivity index (χ1) is 28.1. The average molecular weight is 858 g/mol. The lowest BCUT2D eigenvalue weighted by atomic mass is 9.94. The van der Waals surface area contributed by atoms with Gasteiger partial charge in [-0.3, -0.25) is 24.6 Å². The third-order valence-corrected chi connectivity index (χ3v) is 15.9. The van der Waals surface area contributed by atoms with Crippen LogP contribution in [0.25, 0.3) is 0 Å². The number of hydrogen-bond acceptors (Lipinski definition) is 12. The Morgan fingerprint density at radius 1 is 0.627 bits per heavy atom. The molecule has 0 aromatic heterocycles. The molecule has 2 fully saturated rings. The Morgan fingerprint density at radius 3 is 1.32 bits per heavy atom. The normalized spacial score (nSPS) is 16.8. The highest BCUT2D eigenvalue weighted by Gasteiger charge is 2.55. The summed E-state index contributed by atoms with van der Waals surface area (Å²) in [5, 5.41) is 9.24. The molecular weight excluding hydrogens is 809 g/mol. The van der Waals surface area contributed by atoms with Crippen molar-refractivity contribution in [2.24, 2.45) is 0 Å². The monoisotopic (exact) mass is 857 g/mol. The molecule has 2 aliphatic rings. The number of nitrogens with one attached hydrogen (secondary N) is 1. The number of halogens is 2. The summed E-state index contributed by atoms with van der Waals surface area (Å²) in [6.45, 7) is 4.33. The summed E-state index contributed by atoms with van der Waals surface area (Å²) in [6, 6.07) is 24.2. The van der Waals surface area contributed by atoms with Crippen molar-refractivity contribution in [2.45, 2.75) is 65.0 Å². The zero-order chi connectivity index (χ0) is 42.8. The number of rotatable bonds is 13. The molecule has 0 bridgehead atoms. The summed E-state index contributed by atoms with van der Waals surface area (Å²) in [4.78, 5) is 29.5. The molecule has 4 aromatic rings. The fourth-order valence-corrected chi connectivity index (χ4v) is 11.3. The molecule has 6 rings (SSSR count). The van der Waals surface area contributed by atoms with Gasteiger partial charge >= 0.3 is 5.97 Å². The largest absolute Gasteiger partial charge is 0.497 e. The van der Waals surface area contributed by atoms with Crippen LogP contribution in [0.5, 0.6) is 11.5 Å². The number of piperidine rings is 2. The van der Waals surface area contributed by atoms with Gasteiger partial charge in [0, 0.05) is 39.3 Å². The molecular formula is C42H49F2N3O10S2. The van der Waals surface area contributed by atoms with Gasteiger partial charge in [-0.1, -0.05) is 24.3 Å². The number of amides is 1. The van der Waals surface area contributed by atoms with Gasteiger partial charge in [-0.2, -0.15) is 0 Å². The quantitative estimate of drug-likeness (QED) is 0.101. The highest BCUT2D eigenvalue weighted by atomic mass is 32.2. The van der Waals surface area contributed by atoms with E-state index in [0.717, 1.165) is 11.1 Å². The SMILES string of the molecule is CCOC(=O)C1(S(=O)(=O)c2ccc(OC)cc2)CCN(Cc2ccc(F)cc2)CC1.COc1ccc(S(=O)(=O)C2(C(=O)NO)CCN(Cc3ccc(F)cc3)CC2)cc1. The highest BCUT2D eigenvalue weighted by Crippen LogP contribution is 2.39. The van der Waals surface area contributed by atoms with E-state index in [9.17, 15) is 40.4 Å². The van der Waals surface area contributed by atoms with Crippen LogP contribution in [0.15, 0.2) is 107 Å². The number of hydrogen-bond donors (Lipinski definition) is 2. The number of sulfone groups is 2. The molecule has 2 heterocycles. The van der Waals surface area contributed by atoms with Gasteiger partial charge < -0.3 is 14.2 Å². The maximum absolute atomic E-state index is 13.5. The van der Waals surface area contributed by atoms with Crippen LogP contribution in [0.4, 0.5) is 8.78 Å². The summed E-state index contributed by atoms with van der Waals surface area (Å²) >= 11 is 0. The van der Waals surface area contributed by atoms with E-state index in [1.54, 1.807) is 48.8 Å². The molecule has 2 aliphatic heterocycles. The van der Waals surface area contributed by atoms with E-state index < -0.39 is 41.0 Å². The maximum Gasteiger partial charge on any atom is 0.327 e. The van der Waals surface area contributed by atoms with E-state index in [-0.39, 0.29) is 53.7 Å². The van der Waals surface area contributed by atoms with Gasteiger partial charge in [0.2, 0.25) is 0 Å². The Bertz CT molecular complexity index is 2240. The Hall–Kier alpha value is -4.94. The standard InChI is InChI=1S/C22H26FNO5S.C20H23FN2O5S/c1-3-29-21(25)22(30(26,27)20-10-8-19(28-2)9-11-20)12-14-24(15-13-22)16-17-4-6-18(23)7-5-17;1-28-17-6-8-18(9-7-17)29(26,27)20(19(24)22-25)10-12-23(13-11-20)14-15-2-4-16(21)5-3-15/h4-11H,3,12-16H2,1-2H3;2-9,25H,10-14H2,1H3,(H,22,24). The number of hydroxylamine groups is 1. The van der Waals surface area contributed by atoms with Crippen molar-refractivity contribution in [3.05, 3.63) is 120 Å². The number of carbonyl (C=O) groups excluding carboxylic acids is 2. The second kappa shape index (κ2) is 19.4. The van der Waals surface area contributed by atoms with E-state index in [4.69, 9.17) is 14.2 Å². The predicted molar refractivity (Wildman–Crippen MR) is 214 cm³/mol. The van der Waals surface area contributed by atoms with Crippen molar-refractivity contribution < 1.29 is 54.6 Å². The van der Waals surface area contributed by atoms with Crippen LogP contribution < -0.4 is 15.0 Å². The Kier molecular flexibility index (Phi) is 14.9. The Labute approximate surface area is 343 Å². The predicted octanol–water partition coefficient (Wildman–Crippen LogP) is 5.35. The van der Waals surface area contributed by atoms with Crippen molar-refractivity contribution in [2.75, 3.05) is 47.0 Å². The topological polar surface area (TPSA) is 169 Å². The van der Waals surface area contributed by atoms with Gasteiger partial charge in [0.1, 0.15) is 23.1 Å². The van der Waals surface area contributed by atoms with Gasteiger partial charge in [-0.25, -0.2) is 31.1 Å². The number of methoxy groups -OCH3 is 2. The molecule has 0 unspecified atom stereocenters. The fourth-order valence-electron chi connectivity index (χ4n) is 7.37. The number of esters is 1. The van der Waals surface area contributed by atoms with Gasteiger partial charge in [0.05, 0.1) is 30.6 Å². The molecule has 2 N–H and O–H groups in total. The summed E-state index contributed by atoms with van der Waals surface area (Å²) < 4.78 is 91.9. The first kappa shape index (κ1) is 45.1. The molecule has 13 nitrogen and oxygen atoms in total. The molecule has 0 spiro atoms. The summed E-state index contributed by atoms with van der Waals surface area (Å²) in [6.07, 6.45) is 0.298. The van der Waals surface area contributed by atoms with Crippen LogP contribution in [0, 0.1) is 11.6 Å². The maximum atomic E-state index is 13.5. The van der Waals surface area contributed by atoms with E-state index in [2.05, 4.69) is 4.90 Å². The first-order valence-corrected chi connectivity index (χ1v) is 21.9. The van der Waals surface area contributed by atoms with Crippen molar-refractivity contribution in [1.29, 1.82) is 0 Å². The Morgan fingerprint density at radius 2 is 0.983 bits per heavy atom. The molecule has 318 valence electrons. The average Bonchev–Trinajstić information content (AvgIpc) is 3.25. The second-order valence-corrected chi connectivity index (χ2v) is 18.8. The van der Waals surface area contributed by atoms with Gasteiger partial charge in [-0.05, 0) is 117 Å². The van der Waals surface area contributed by atoms with Crippen LogP contribution in [0.1, 0.15) is 43.7 Å². The van der Waals surface area contributed by atoms with E-state index in [1.807, 2.05) is 4.90 Å². The van der Waals surface area contributed by atoms with Crippen LogP contribution in [-0.4, -0.2) is 100 Å². The lowest BCUT2D eigenvalue weighted by Gasteiger charge is -2.39. The molecule has 0 saturated carbocycles. The first-order valence-electron chi connectivity index (χ1n) is 19.0. The number of nitrogens with zero attached hydrogens (tertiary/aromatic N) is 2. The van der Waals surface area contributed by atoms with Crippen molar-refractivity contribution in [3.63, 3.8) is 0 Å². The van der Waals surface area contributed by atoms with E-state index in [1.165, 1.54) is 74.9 Å². The van der Waals surface area contributed by atoms with E-state index in [0.29, 0.717) is 50.8 Å². The minimum Gasteiger partial charge on any atom is -0.497 e. The van der Waals surface area contributed by atoms with Crippen molar-refractivity contribution >= 4 is 31.6 Å². The molecule has 17 heteroatoms. The zero-order valence-corrected chi connectivity index (χ0v) is 34.7. The molecule has 0 radical (unpaired) electrons. The van der Waals surface area contributed by atoms with E-state index >= 15 is 0 Å². The second-order valence-electron chi connectivity index (χ2n) is 14.3. The van der Waals surface area contributed by atoms with Crippen molar-refractivity contribution in [1.82, 2.24) is 15.3 Å². The lowest BCUT2D eigenvalue weighted by Crippen LogP contribution is -2.57. The summed E-state index contributed by atoms with van der Waals surface area (Å²) in [7, 11) is -5.07. The van der Waals surface area contributed by atoms with Gasteiger partial charge in [0.25, 0.3) is 5.91 Å². The molecule has 0 atom stereocenters. The lowest BCUT2D eigenvalue weighted by molar-refractivity contribution is -0.147. The number of benzene rings is 4. The number of ether oxygens (including phenoxy) is 3. The minimum absolute atomic E-state index is 0.00566. The molecule has 2 saturated heterocycles. The highest BCUT2D eigenvalue weighted by molar-refractivity contribution is 7.94. The molecule has 4 aromatic carbocycles. The van der Waals surface area contributed by atoms with Crippen LogP contribution >= 0.6 is 0 Å². The van der Waals surface area contributed by atoms with Gasteiger partial charge in [-0.15, -0.1) is 0 Å². The van der Waals surface area contributed by atoms with Crippen LogP contribution in [0.2, 0.25) is 0 Å². The number of likely N-dealkylation sites (tertiary alicyclic amines) is 2. The molecule has 59 heavy (non-hydrogen) atoms. The minimum atomic E-state index is -4.07. The Balaban J connectivity index is 0.000000224. The van der Waals surface area contributed by atoms with Crippen molar-refractivity contribution in [3.8, 4) is 11.5 Å². The summed E-state index contributed by atoms with van der Waals surface area (Å²) in [5.74, 6) is -1.23. The third kappa shape index (κ3) is 9.92. The van der Waals surface area contributed by atoms with Crippen LogP contribution in [0.3, 0.4) is 0 Å². The molecule has 0 aliphatic carbocycles. The fraction of sp³-hybridized carbons (Fsp3) is 0.381. The van der Waals surface area contributed by atoms with Crippen LogP contribution in [-0.2, 0) is 47.1 Å². The smallest absolute Gasteiger partial charge is 0.327 e.